The molecule has 2 rings (SSSR count). The number of alkyl halides is 3. The Morgan fingerprint density at radius 3 is 2.39 bits per heavy atom. The Kier molecular flexibility index (Phi) is 4.73. The standard InChI is InChI=1S/C15H12F3NO4/c1-22-14-13(10(6-7-19-14)8-12(20)21)9-2-4-11(5-3-9)23-15(16,17)18/h2-7H,8H2,1H3,(H,20,21). The molecule has 0 bridgehead atoms. The van der Waals surface area contributed by atoms with E-state index in [1.165, 1.54) is 31.5 Å². The Labute approximate surface area is 129 Å². The van der Waals surface area contributed by atoms with Gasteiger partial charge in [0.2, 0.25) is 5.88 Å². The topological polar surface area (TPSA) is 68.7 Å². The van der Waals surface area contributed by atoms with Crippen molar-refractivity contribution < 1.29 is 32.5 Å². The summed E-state index contributed by atoms with van der Waals surface area (Å²) in [6, 6.07) is 6.56. The van der Waals surface area contributed by atoms with Crippen molar-refractivity contribution >= 4 is 5.97 Å². The molecule has 0 aliphatic rings. The minimum absolute atomic E-state index is 0.188. The number of pyridine rings is 1. The van der Waals surface area contributed by atoms with Gasteiger partial charge in [-0.2, -0.15) is 0 Å². The highest BCUT2D eigenvalue weighted by Gasteiger charge is 2.31. The summed E-state index contributed by atoms with van der Waals surface area (Å²) < 4.78 is 45.4. The van der Waals surface area contributed by atoms with Crippen molar-refractivity contribution in [1.29, 1.82) is 0 Å². The Balaban J connectivity index is 2.42. The van der Waals surface area contributed by atoms with Crippen molar-refractivity contribution in [3.63, 3.8) is 0 Å². The summed E-state index contributed by atoms with van der Waals surface area (Å²) in [4.78, 5) is 15.0. The zero-order valence-electron chi connectivity index (χ0n) is 11.9. The van der Waals surface area contributed by atoms with E-state index in [2.05, 4.69) is 9.72 Å². The Bertz CT molecular complexity index is 699. The highest BCUT2D eigenvalue weighted by molar-refractivity contribution is 5.79. The largest absolute Gasteiger partial charge is 0.573 e. The third-order valence-corrected chi connectivity index (χ3v) is 2.91. The Morgan fingerprint density at radius 1 is 1.22 bits per heavy atom. The van der Waals surface area contributed by atoms with E-state index in [9.17, 15) is 18.0 Å². The van der Waals surface area contributed by atoms with E-state index in [4.69, 9.17) is 9.84 Å². The Morgan fingerprint density at radius 2 is 1.87 bits per heavy atom. The number of nitrogens with zero attached hydrogens (tertiary/aromatic N) is 1. The number of carboxylic acid groups (broad SMARTS) is 1. The van der Waals surface area contributed by atoms with Crippen molar-refractivity contribution in [1.82, 2.24) is 4.98 Å². The summed E-state index contributed by atoms with van der Waals surface area (Å²) in [5.41, 5.74) is 1.32. The molecule has 0 amide bonds. The molecule has 0 aliphatic carbocycles. The van der Waals surface area contributed by atoms with Gasteiger partial charge in [0.25, 0.3) is 0 Å². The average molecular weight is 327 g/mol. The quantitative estimate of drug-likeness (QED) is 0.913. The number of methoxy groups -OCH3 is 1. The second-order valence-corrected chi connectivity index (χ2v) is 4.50. The SMILES string of the molecule is COc1nccc(CC(=O)O)c1-c1ccc(OC(F)(F)F)cc1. The van der Waals surface area contributed by atoms with Gasteiger partial charge < -0.3 is 14.6 Å². The summed E-state index contributed by atoms with van der Waals surface area (Å²) in [6.45, 7) is 0. The van der Waals surface area contributed by atoms with Crippen molar-refractivity contribution in [3.8, 4) is 22.8 Å². The molecule has 1 heterocycles. The molecule has 5 nitrogen and oxygen atoms in total. The number of carboxylic acids is 1. The molecule has 1 N–H and O–H groups in total. The van der Waals surface area contributed by atoms with E-state index in [1.54, 1.807) is 0 Å². The minimum Gasteiger partial charge on any atom is -0.481 e. The van der Waals surface area contributed by atoms with Crippen LogP contribution in [0.2, 0.25) is 0 Å². The molecule has 2 aromatic rings. The number of hydrogen-bond acceptors (Lipinski definition) is 4. The van der Waals surface area contributed by atoms with Crippen LogP contribution >= 0.6 is 0 Å². The first-order valence-electron chi connectivity index (χ1n) is 6.40. The third kappa shape index (κ3) is 4.35. The molecule has 23 heavy (non-hydrogen) atoms. The van der Waals surface area contributed by atoms with Crippen LogP contribution in [0.25, 0.3) is 11.1 Å². The normalized spacial score (nSPS) is 11.1. The van der Waals surface area contributed by atoms with E-state index < -0.39 is 12.3 Å². The first-order chi connectivity index (χ1) is 10.8. The first kappa shape index (κ1) is 16.6. The monoisotopic (exact) mass is 327 g/mol. The van der Waals surface area contributed by atoms with Crippen LogP contribution in [0, 0.1) is 0 Å². The average Bonchev–Trinajstić information content (AvgIpc) is 2.46. The van der Waals surface area contributed by atoms with Gasteiger partial charge in [0.15, 0.2) is 0 Å². The van der Waals surface area contributed by atoms with Crippen LogP contribution in [0.15, 0.2) is 36.5 Å². The number of benzene rings is 1. The van der Waals surface area contributed by atoms with E-state index in [0.29, 0.717) is 16.7 Å². The fourth-order valence-corrected chi connectivity index (χ4v) is 2.08. The minimum atomic E-state index is -4.78. The fourth-order valence-electron chi connectivity index (χ4n) is 2.08. The van der Waals surface area contributed by atoms with Crippen molar-refractivity contribution in [2.24, 2.45) is 0 Å². The predicted molar refractivity (Wildman–Crippen MR) is 74.2 cm³/mol. The lowest BCUT2D eigenvalue weighted by atomic mass is 9.99. The summed E-state index contributed by atoms with van der Waals surface area (Å²) in [7, 11) is 1.37. The molecule has 122 valence electrons. The van der Waals surface area contributed by atoms with Crippen molar-refractivity contribution in [2.45, 2.75) is 12.8 Å². The molecule has 0 radical (unpaired) electrons. The summed E-state index contributed by atoms with van der Waals surface area (Å²) in [5, 5.41) is 8.97. The maximum absolute atomic E-state index is 12.2. The molecular formula is C15H12F3NO4. The number of aromatic nitrogens is 1. The first-order valence-corrected chi connectivity index (χ1v) is 6.40. The van der Waals surface area contributed by atoms with Gasteiger partial charge in [-0.05, 0) is 29.3 Å². The van der Waals surface area contributed by atoms with E-state index in [0.717, 1.165) is 12.1 Å². The van der Waals surface area contributed by atoms with Crippen molar-refractivity contribution in [3.05, 3.63) is 42.1 Å². The molecular weight excluding hydrogens is 315 g/mol. The van der Waals surface area contributed by atoms with Crippen LogP contribution in [-0.4, -0.2) is 29.5 Å². The van der Waals surface area contributed by atoms with Gasteiger partial charge in [0, 0.05) is 11.8 Å². The van der Waals surface area contributed by atoms with Gasteiger partial charge in [0.1, 0.15) is 5.75 Å². The van der Waals surface area contributed by atoms with Crippen LogP contribution < -0.4 is 9.47 Å². The van der Waals surface area contributed by atoms with Gasteiger partial charge in [-0.15, -0.1) is 13.2 Å². The zero-order valence-corrected chi connectivity index (χ0v) is 11.9. The number of halogens is 3. The summed E-state index contributed by atoms with van der Waals surface area (Å²) >= 11 is 0. The molecule has 1 aromatic carbocycles. The van der Waals surface area contributed by atoms with Crippen LogP contribution in [0.4, 0.5) is 13.2 Å². The van der Waals surface area contributed by atoms with Gasteiger partial charge in [-0.3, -0.25) is 4.79 Å². The molecule has 8 heteroatoms. The van der Waals surface area contributed by atoms with E-state index >= 15 is 0 Å². The summed E-state index contributed by atoms with van der Waals surface area (Å²) in [6.07, 6.45) is -3.64. The molecule has 0 fully saturated rings. The maximum atomic E-state index is 12.2. The van der Waals surface area contributed by atoms with Crippen LogP contribution in [0.1, 0.15) is 5.56 Å². The van der Waals surface area contributed by atoms with Crippen molar-refractivity contribution in [2.75, 3.05) is 7.11 Å². The molecule has 0 spiro atoms. The number of aliphatic carboxylic acids is 1. The highest BCUT2D eigenvalue weighted by atomic mass is 19.4. The lowest BCUT2D eigenvalue weighted by Gasteiger charge is -2.13. The Hall–Kier alpha value is -2.77. The van der Waals surface area contributed by atoms with Gasteiger partial charge in [0.05, 0.1) is 13.5 Å². The zero-order chi connectivity index (χ0) is 17.0. The highest BCUT2D eigenvalue weighted by Crippen LogP contribution is 2.33. The number of hydrogen-bond donors (Lipinski definition) is 1. The van der Waals surface area contributed by atoms with Gasteiger partial charge >= 0.3 is 12.3 Å². The number of rotatable bonds is 5. The molecule has 0 aliphatic heterocycles. The lowest BCUT2D eigenvalue weighted by molar-refractivity contribution is -0.274. The molecule has 0 saturated heterocycles. The van der Waals surface area contributed by atoms with Crippen LogP contribution in [0.3, 0.4) is 0 Å². The smallest absolute Gasteiger partial charge is 0.481 e. The number of ether oxygens (including phenoxy) is 2. The van der Waals surface area contributed by atoms with E-state index in [1.807, 2.05) is 0 Å². The summed E-state index contributed by atoms with van der Waals surface area (Å²) in [5.74, 6) is -1.23. The van der Waals surface area contributed by atoms with E-state index in [-0.39, 0.29) is 18.1 Å². The van der Waals surface area contributed by atoms with Gasteiger partial charge in [-0.25, -0.2) is 4.98 Å². The fraction of sp³-hybridized carbons (Fsp3) is 0.200. The molecule has 1 aromatic heterocycles. The van der Waals surface area contributed by atoms with Crippen LogP contribution in [-0.2, 0) is 11.2 Å². The second-order valence-electron chi connectivity index (χ2n) is 4.50. The molecule has 0 atom stereocenters. The second kappa shape index (κ2) is 6.55. The maximum Gasteiger partial charge on any atom is 0.573 e. The number of carbonyl (C=O) groups is 1. The third-order valence-electron chi connectivity index (χ3n) is 2.91. The van der Waals surface area contributed by atoms with Gasteiger partial charge in [-0.1, -0.05) is 12.1 Å². The molecule has 0 saturated carbocycles. The predicted octanol–water partition coefficient (Wildman–Crippen LogP) is 3.28. The van der Waals surface area contributed by atoms with Crippen LogP contribution in [0.5, 0.6) is 11.6 Å². The lowest BCUT2D eigenvalue weighted by Crippen LogP contribution is -2.16. The molecule has 0 unspecified atom stereocenters.